The molecule has 0 aromatic carbocycles. The van der Waals surface area contributed by atoms with Crippen LogP contribution in [0.5, 0.6) is 0 Å². The molecular formula is C10H8IN3O2. The van der Waals surface area contributed by atoms with Crippen LogP contribution in [0.1, 0.15) is 16.1 Å². The van der Waals surface area contributed by atoms with Crippen molar-refractivity contribution in [3.05, 3.63) is 39.4 Å². The van der Waals surface area contributed by atoms with E-state index in [1.807, 2.05) is 6.20 Å². The number of aryl methyl sites for hydroxylation is 1. The summed E-state index contributed by atoms with van der Waals surface area (Å²) in [6, 6.07) is 3.17. The lowest BCUT2D eigenvalue weighted by molar-refractivity contribution is 0.0695. The molecule has 2 rings (SSSR count). The predicted octanol–water partition coefficient (Wildman–Crippen LogP) is 1.88. The lowest BCUT2D eigenvalue weighted by Crippen LogP contribution is -2.05. The van der Waals surface area contributed by atoms with Gasteiger partial charge in [0.2, 0.25) is 0 Å². The van der Waals surface area contributed by atoms with Crippen LogP contribution in [0.25, 0.3) is 5.82 Å². The van der Waals surface area contributed by atoms with Gasteiger partial charge >= 0.3 is 5.97 Å². The van der Waals surface area contributed by atoms with Gasteiger partial charge in [-0.05, 0) is 41.6 Å². The number of nitrogens with zero attached hydrogens (tertiary/aromatic N) is 3. The van der Waals surface area contributed by atoms with Crippen molar-refractivity contribution in [2.24, 2.45) is 0 Å². The Morgan fingerprint density at radius 2 is 2.25 bits per heavy atom. The Morgan fingerprint density at radius 3 is 2.75 bits per heavy atom. The normalized spacial score (nSPS) is 10.4. The average Bonchev–Trinajstić information content (AvgIpc) is 2.64. The largest absolute Gasteiger partial charge is 0.478 e. The number of hydrogen-bond donors (Lipinski definition) is 1. The van der Waals surface area contributed by atoms with E-state index in [0.717, 1.165) is 3.57 Å². The highest BCUT2D eigenvalue weighted by Crippen LogP contribution is 2.11. The molecule has 0 amide bonds. The summed E-state index contributed by atoms with van der Waals surface area (Å²) in [7, 11) is 0. The molecule has 0 fully saturated rings. The minimum atomic E-state index is -0.966. The summed E-state index contributed by atoms with van der Waals surface area (Å²) < 4.78 is 2.61. The monoisotopic (exact) mass is 329 g/mol. The van der Waals surface area contributed by atoms with E-state index in [4.69, 9.17) is 5.11 Å². The molecule has 0 unspecified atom stereocenters. The zero-order chi connectivity index (χ0) is 11.7. The minimum Gasteiger partial charge on any atom is -0.478 e. The van der Waals surface area contributed by atoms with Crippen molar-refractivity contribution in [3.8, 4) is 5.82 Å². The Labute approximate surface area is 105 Å². The number of hydrogen-bond acceptors (Lipinski definition) is 3. The highest BCUT2D eigenvalue weighted by atomic mass is 127. The molecule has 0 saturated heterocycles. The third-order valence-corrected chi connectivity index (χ3v) is 2.64. The van der Waals surface area contributed by atoms with Gasteiger partial charge in [0.15, 0.2) is 5.82 Å². The molecule has 0 aliphatic rings. The van der Waals surface area contributed by atoms with Crippen molar-refractivity contribution in [2.75, 3.05) is 0 Å². The zero-order valence-corrected chi connectivity index (χ0v) is 10.5. The Bertz CT molecular complexity index is 551. The molecule has 0 bridgehead atoms. The highest BCUT2D eigenvalue weighted by molar-refractivity contribution is 14.1. The van der Waals surface area contributed by atoms with Crippen molar-refractivity contribution in [1.82, 2.24) is 14.8 Å². The van der Waals surface area contributed by atoms with Gasteiger partial charge in [-0.3, -0.25) is 0 Å². The number of carboxylic acids is 1. The Kier molecular flexibility index (Phi) is 2.90. The second kappa shape index (κ2) is 4.20. The number of rotatable bonds is 2. The summed E-state index contributed by atoms with van der Waals surface area (Å²) in [5, 5.41) is 13.0. The van der Waals surface area contributed by atoms with Crippen LogP contribution >= 0.6 is 22.6 Å². The highest BCUT2D eigenvalue weighted by Gasteiger charge is 2.09. The number of carbonyl (C=O) groups is 1. The molecule has 0 radical (unpaired) electrons. The van der Waals surface area contributed by atoms with Crippen LogP contribution in [-0.4, -0.2) is 25.8 Å². The second-order valence-corrected chi connectivity index (χ2v) is 4.46. The van der Waals surface area contributed by atoms with Gasteiger partial charge in [-0.15, -0.1) is 0 Å². The predicted molar refractivity (Wildman–Crippen MR) is 65.8 cm³/mol. The Morgan fingerprint density at radius 1 is 1.50 bits per heavy atom. The molecule has 0 spiro atoms. The lowest BCUT2D eigenvalue weighted by atomic mass is 10.2. The fourth-order valence-corrected chi connectivity index (χ4v) is 1.72. The number of aromatic nitrogens is 3. The summed E-state index contributed by atoms with van der Waals surface area (Å²) in [5.41, 5.74) is 0.695. The van der Waals surface area contributed by atoms with E-state index in [0.29, 0.717) is 11.5 Å². The molecule has 82 valence electrons. The number of carboxylic acid groups (broad SMARTS) is 1. The topological polar surface area (TPSA) is 68.0 Å². The van der Waals surface area contributed by atoms with E-state index >= 15 is 0 Å². The zero-order valence-electron chi connectivity index (χ0n) is 8.38. The molecule has 0 aliphatic heterocycles. The lowest BCUT2D eigenvalue weighted by Gasteiger charge is -2.03. The van der Waals surface area contributed by atoms with E-state index in [-0.39, 0.29) is 5.56 Å². The fraction of sp³-hybridized carbons (Fsp3) is 0.100. The molecule has 2 heterocycles. The van der Waals surface area contributed by atoms with Crippen molar-refractivity contribution >= 4 is 28.6 Å². The van der Waals surface area contributed by atoms with Gasteiger partial charge in [-0.1, -0.05) is 0 Å². The van der Waals surface area contributed by atoms with Crippen LogP contribution in [0.3, 0.4) is 0 Å². The summed E-state index contributed by atoms with van der Waals surface area (Å²) in [6.07, 6.45) is 3.53. The molecule has 1 N–H and O–H groups in total. The molecular weight excluding hydrogens is 321 g/mol. The summed E-state index contributed by atoms with van der Waals surface area (Å²) in [6.45, 7) is 1.67. The Balaban J connectivity index is 2.45. The van der Waals surface area contributed by atoms with Crippen LogP contribution in [0.15, 0.2) is 24.5 Å². The van der Waals surface area contributed by atoms with Gasteiger partial charge in [0.05, 0.1) is 21.0 Å². The van der Waals surface area contributed by atoms with Crippen molar-refractivity contribution in [3.63, 3.8) is 0 Å². The number of aromatic carboxylic acids is 1. The third kappa shape index (κ3) is 2.06. The van der Waals surface area contributed by atoms with Crippen LogP contribution < -0.4 is 0 Å². The van der Waals surface area contributed by atoms with Gasteiger partial charge in [0.25, 0.3) is 0 Å². The molecule has 6 heteroatoms. The minimum absolute atomic E-state index is 0.214. The molecule has 5 nitrogen and oxygen atoms in total. The van der Waals surface area contributed by atoms with E-state index in [9.17, 15) is 4.79 Å². The van der Waals surface area contributed by atoms with Gasteiger partial charge in [0, 0.05) is 6.20 Å². The summed E-state index contributed by atoms with van der Waals surface area (Å²) in [5.74, 6) is -0.350. The van der Waals surface area contributed by atoms with Crippen molar-refractivity contribution in [2.45, 2.75) is 6.92 Å². The average molecular weight is 329 g/mol. The first kappa shape index (κ1) is 11.1. The molecule has 0 atom stereocenters. The quantitative estimate of drug-likeness (QED) is 0.855. The maximum atomic E-state index is 10.8. The summed E-state index contributed by atoms with van der Waals surface area (Å²) >= 11 is 2.15. The molecule has 2 aromatic heterocycles. The first-order chi connectivity index (χ1) is 7.58. The van der Waals surface area contributed by atoms with Gasteiger partial charge in [-0.2, -0.15) is 5.10 Å². The van der Waals surface area contributed by atoms with E-state index in [2.05, 4.69) is 32.7 Å². The second-order valence-electron chi connectivity index (χ2n) is 3.21. The fourth-order valence-electron chi connectivity index (χ4n) is 1.33. The standard InChI is InChI=1S/C10H8IN3O2/c1-6-8(10(15)16)2-3-9(13-6)14-5-7(11)4-12-14/h2-5H,1H3,(H,15,16). The van der Waals surface area contributed by atoms with Gasteiger partial charge in [-0.25, -0.2) is 14.5 Å². The van der Waals surface area contributed by atoms with Crippen LogP contribution in [0.2, 0.25) is 0 Å². The first-order valence-electron chi connectivity index (χ1n) is 4.49. The van der Waals surface area contributed by atoms with Crippen LogP contribution in [-0.2, 0) is 0 Å². The van der Waals surface area contributed by atoms with Crippen molar-refractivity contribution < 1.29 is 9.90 Å². The SMILES string of the molecule is Cc1nc(-n2cc(I)cn2)ccc1C(=O)O. The summed E-state index contributed by atoms with van der Waals surface area (Å²) in [4.78, 5) is 15.0. The Hall–Kier alpha value is -1.44. The van der Waals surface area contributed by atoms with Crippen LogP contribution in [0, 0.1) is 10.5 Å². The number of pyridine rings is 1. The van der Waals surface area contributed by atoms with E-state index in [1.165, 1.54) is 6.07 Å². The molecule has 0 saturated carbocycles. The molecule has 16 heavy (non-hydrogen) atoms. The third-order valence-electron chi connectivity index (χ3n) is 2.09. The maximum Gasteiger partial charge on any atom is 0.337 e. The number of halogens is 1. The van der Waals surface area contributed by atoms with Crippen LogP contribution in [0.4, 0.5) is 0 Å². The molecule has 0 aliphatic carbocycles. The van der Waals surface area contributed by atoms with Crippen molar-refractivity contribution in [1.29, 1.82) is 0 Å². The van der Waals surface area contributed by atoms with E-state index in [1.54, 1.807) is 23.9 Å². The van der Waals surface area contributed by atoms with Gasteiger partial charge in [0.1, 0.15) is 0 Å². The first-order valence-corrected chi connectivity index (χ1v) is 5.57. The van der Waals surface area contributed by atoms with E-state index < -0.39 is 5.97 Å². The van der Waals surface area contributed by atoms with Gasteiger partial charge < -0.3 is 5.11 Å². The smallest absolute Gasteiger partial charge is 0.337 e. The molecule has 2 aromatic rings. The maximum absolute atomic E-state index is 10.8.